The van der Waals surface area contributed by atoms with Gasteiger partial charge in [0.15, 0.2) is 9.84 Å². The maximum Gasteiger partial charge on any atom is 0.326 e. The molecule has 0 fully saturated rings. The van der Waals surface area contributed by atoms with Crippen LogP contribution in [0, 0.1) is 6.92 Å². The van der Waals surface area contributed by atoms with Crippen molar-refractivity contribution in [3.8, 4) is 0 Å². The Morgan fingerprint density at radius 2 is 1.88 bits per heavy atom. The molecule has 1 atom stereocenters. The first-order valence-electron chi connectivity index (χ1n) is 7.57. The number of nitrogens with one attached hydrogen (secondary N) is 1. The van der Waals surface area contributed by atoms with E-state index in [1.54, 1.807) is 24.3 Å². The summed E-state index contributed by atoms with van der Waals surface area (Å²) in [5.74, 6) is -0.108. The van der Waals surface area contributed by atoms with E-state index < -0.39 is 15.9 Å². The van der Waals surface area contributed by atoms with E-state index in [9.17, 15) is 13.2 Å². The zero-order valence-corrected chi connectivity index (χ0v) is 14.0. The van der Waals surface area contributed by atoms with E-state index >= 15 is 0 Å². The number of benzene rings is 2. The largest absolute Gasteiger partial charge is 0.326 e. The van der Waals surface area contributed by atoms with Gasteiger partial charge < -0.3 is 5.32 Å². The Morgan fingerprint density at radius 1 is 1.12 bits per heavy atom. The van der Waals surface area contributed by atoms with Gasteiger partial charge in [-0.1, -0.05) is 30.3 Å². The summed E-state index contributed by atoms with van der Waals surface area (Å²) in [6.45, 7) is 1.93. The van der Waals surface area contributed by atoms with Crippen molar-refractivity contribution >= 4 is 27.2 Å². The van der Waals surface area contributed by atoms with Crippen LogP contribution < -0.4 is 10.2 Å². The molecule has 2 aromatic carbocycles. The number of hydrogen-bond acceptors (Lipinski definition) is 3. The average molecular weight is 342 g/mol. The van der Waals surface area contributed by atoms with Crippen molar-refractivity contribution in [1.82, 2.24) is 0 Å². The van der Waals surface area contributed by atoms with Gasteiger partial charge >= 0.3 is 6.03 Å². The average Bonchev–Trinajstić information content (AvgIpc) is 2.88. The van der Waals surface area contributed by atoms with Gasteiger partial charge in [0.2, 0.25) is 0 Å². The highest BCUT2D eigenvalue weighted by Gasteiger charge is 2.31. The molecule has 24 heavy (non-hydrogen) atoms. The van der Waals surface area contributed by atoms with Gasteiger partial charge in [-0.15, -0.1) is 0 Å². The number of sulfone groups is 1. The summed E-state index contributed by atoms with van der Waals surface area (Å²) in [5, 5.41) is 4.00. The molecular weight excluding hydrogens is 324 g/mol. The van der Waals surface area contributed by atoms with Crippen molar-refractivity contribution in [3.63, 3.8) is 0 Å². The number of aryl methyl sites for hydroxylation is 1. The fourth-order valence-corrected chi connectivity index (χ4v) is 3.93. The van der Waals surface area contributed by atoms with Crippen LogP contribution in [0.3, 0.4) is 0 Å². The predicted octanol–water partition coefficient (Wildman–Crippen LogP) is 3.34. The fourth-order valence-electron chi connectivity index (χ4n) is 2.66. The van der Waals surface area contributed by atoms with Crippen LogP contribution in [0.2, 0.25) is 0 Å². The molecule has 0 aromatic heterocycles. The quantitative estimate of drug-likeness (QED) is 0.930. The topological polar surface area (TPSA) is 66.5 Å². The minimum atomic E-state index is -3.27. The summed E-state index contributed by atoms with van der Waals surface area (Å²) >= 11 is 0. The SMILES string of the molecule is Cc1cccc(N(C(=O)Nc2ccccc2)[C@H]2C=CS(=O)(=O)C2)c1. The summed E-state index contributed by atoms with van der Waals surface area (Å²) < 4.78 is 23.6. The summed E-state index contributed by atoms with van der Waals surface area (Å²) in [6, 6.07) is 15.6. The van der Waals surface area contributed by atoms with Crippen LogP contribution in [0.4, 0.5) is 16.2 Å². The van der Waals surface area contributed by atoms with E-state index in [0.29, 0.717) is 11.4 Å². The van der Waals surface area contributed by atoms with Gasteiger partial charge in [-0.05, 0) is 42.8 Å². The maximum atomic E-state index is 12.8. The molecule has 0 saturated heterocycles. The van der Waals surface area contributed by atoms with Crippen molar-refractivity contribution in [2.45, 2.75) is 13.0 Å². The third-order valence-corrected chi connectivity index (χ3v) is 5.14. The van der Waals surface area contributed by atoms with Crippen LogP contribution in [-0.4, -0.2) is 26.2 Å². The molecule has 3 rings (SSSR count). The molecule has 5 nitrogen and oxygen atoms in total. The Bertz CT molecular complexity index is 876. The number of carbonyl (C=O) groups is 1. The second-order valence-electron chi connectivity index (χ2n) is 5.73. The van der Waals surface area contributed by atoms with Gasteiger partial charge in [0.25, 0.3) is 0 Å². The van der Waals surface area contributed by atoms with Crippen molar-refractivity contribution in [1.29, 1.82) is 0 Å². The number of para-hydroxylation sites is 1. The van der Waals surface area contributed by atoms with Crippen LogP contribution in [0.1, 0.15) is 5.56 Å². The van der Waals surface area contributed by atoms with Gasteiger partial charge in [0, 0.05) is 16.8 Å². The van der Waals surface area contributed by atoms with Crippen LogP contribution in [0.15, 0.2) is 66.1 Å². The first kappa shape index (κ1) is 16.3. The highest BCUT2D eigenvalue weighted by atomic mass is 32.2. The lowest BCUT2D eigenvalue weighted by atomic mass is 10.2. The number of amides is 2. The van der Waals surface area contributed by atoms with Crippen molar-refractivity contribution in [3.05, 3.63) is 71.6 Å². The lowest BCUT2D eigenvalue weighted by molar-refractivity contribution is 0.256. The van der Waals surface area contributed by atoms with E-state index in [1.165, 1.54) is 10.3 Å². The molecule has 0 aliphatic carbocycles. The summed E-state index contributed by atoms with van der Waals surface area (Å²) in [6.07, 6.45) is 1.56. The first-order chi connectivity index (χ1) is 11.4. The fraction of sp³-hybridized carbons (Fsp3) is 0.167. The standard InChI is InChI=1S/C18H18N2O3S/c1-14-6-5-9-16(12-14)20(17-10-11-24(22,23)13-17)18(21)19-15-7-3-2-4-8-15/h2-12,17H,13H2,1H3,(H,19,21)/t17-/m0/s1. The lowest BCUT2D eigenvalue weighted by Crippen LogP contribution is -2.43. The Hall–Kier alpha value is -2.60. The van der Waals surface area contributed by atoms with E-state index in [0.717, 1.165) is 5.56 Å². The summed E-state index contributed by atoms with van der Waals surface area (Å²) in [4.78, 5) is 14.3. The molecular formula is C18H18N2O3S. The molecule has 124 valence electrons. The Balaban J connectivity index is 1.93. The summed E-state index contributed by atoms with van der Waals surface area (Å²) in [5.41, 5.74) is 2.31. The van der Waals surface area contributed by atoms with Crippen molar-refractivity contribution < 1.29 is 13.2 Å². The van der Waals surface area contributed by atoms with Gasteiger partial charge in [0.05, 0.1) is 11.8 Å². The third kappa shape index (κ3) is 3.65. The van der Waals surface area contributed by atoms with Gasteiger partial charge in [-0.2, -0.15) is 0 Å². The number of hydrogen-bond donors (Lipinski definition) is 1. The third-order valence-electron chi connectivity index (χ3n) is 3.77. The van der Waals surface area contributed by atoms with E-state index in [4.69, 9.17) is 0 Å². The predicted molar refractivity (Wildman–Crippen MR) is 95.8 cm³/mol. The van der Waals surface area contributed by atoms with Gasteiger partial charge in [-0.3, -0.25) is 4.90 Å². The smallest absolute Gasteiger partial charge is 0.308 e. The molecule has 2 amide bonds. The number of rotatable bonds is 3. The zero-order chi connectivity index (χ0) is 17.2. The van der Waals surface area contributed by atoms with Gasteiger partial charge in [0.1, 0.15) is 0 Å². The van der Waals surface area contributed by atoms with Crippen molar-refractivity contribution in [2.24, 2.45) is 0 Å². The second kappa shape index (κ2) is 6.49. The Morgan fingerprint density at radius 3 is 2.50 bits per heavy atom. The van der Waals surface area contributed by atoms with Crippen LogP contribution in [0.25, 0.3) is 0 Å². The highest BCUT2D eigenvalue weighted by molar-refractivity contribution is 7.94. The second-order valence-corrected chi connectivity index (χ2v) is 7.66. The number of urea groups is 1. The normalized spacial score (nSPS) is 18.3. The maximum absolute atomic E-state index is 12.8. The van der Waals surface area contributed by atoms with Gasteiger partial charge in [-0.25, -0.2) is 13.2 Å². The Labute approximate surface area is 141 Å². The van der Waals surface area contributed by atoms with Crippen LogP contribution in [0.5, 0.6) is 0 Å². The molecule has 1 aliphatic heterocycles. The van der Waals surface area contributed by atoms with E-state index in [-0.39, 0.29) is 11.8 Å². The minimum absolute atomic E-state index is 0.108. The molecule has 0 saturated carbocycles. The van der Waals surface area contributed by atoms with E-state index in [1.807, 2.05) is 43.3 Å². The number of carbonyl (C=O) groups excluding carboxylic acids is 1. The minimum Gasteiger partial charge on any atom is -0.308 e. The lowest BCUT2D eigenvalue weighted by Gasteiger charge is -2.28. The number of anilines is 2. The molecule has 0 radical (unpaired) electrons. The molecule has 1 aliphatic rings. The highest BCUT2D eigenvalue weighted by Crippen LogP contribution is 2.24. The summed E-state index contributed by atoms with van der Waals surface area (Å²) in [7, 11) is -3.27. The molecule has 2 aromatic rings. The zero-order valence-electron chi connectivity index (χ0n) is 13.2. The monoisotopic (exact) mass is 342 g/mol. The van der Waals surface area contributed by atoms with Crippen LogP contribution in [-0.2, 0) is 9.84 Å². The van der Waals surface area contributed by atoms with Crippen molar-refractivity contribution in [2.75, 3.05) is 16.0 Å². The molecule has 0 spiro atoms. The first-order valence-corrected chi connectivity index (χ1v) is 9.29. The molecule has 1 heterocycles. The molecule has 6 heteroatoms. The number of nitrogens with zero attached hydrogens (tertiary/aromatic N) is 1. The Kier molecular flexibility index (Phi) is 4.40. The molecule has 0 bridgehead atoms. The van der Waals surface area contributed by atoms with E-state index in [2.05, 4.69) is 5.32 Å². The van der Waals surface area contributed by atoms with Crippen LogP contribution >= 0.6 is 0 Å². The molecule has 0 unspecified atom stereocenters. The molecule has 1 N–H and O–H groups in total.